The average Bonchev–Trinajstić information content (AvgIpc) is 2.86. The van der Waals surface area contributed by atoms with Gasteiger partial charge in [-0.25, -0.2) is 8.42 Å². The van der Waals surface area contributed by atoms with Gasteiger partial charge in [0, 0.05) is 17.6 Å². The van der Waals surface area contributed by atoms with E-state index in [1.54, 1.807) is 0 Å². The first-order valence-corrected chi connectivity index (χ1v) is 13.0. The summed E-state index contributed by atoms with van der Waals surface area (Å²) in [5, 5.41) is 5.67. The van der Waals surface area contributed by atoms with Crippen molar-refractivity contribution in [3.8, 4) is 0 Å². The fourth-order valence-electron chi connectivity index (χ4n) is 4.27. The van der Waals surface area contributed by atoms with Gasteiger partial charge in [0.2, 0.25) is 15.9 Å². The number of nitrogens with one attached hydrogen (secondary N) is 3. The van der Waals surface area contributed by atoms with Crippen LogP contribution in [0.25, 0.3) is 0 Å². The van der Waals surface area contributed by atoms with Gasteiger partial charge in [0.25, 0.3) is 10.0 Å². The van der Waals surface area contributed by atoms with E-state index in [4.69, 9.17) is 0 Å². The molecule has 1 aromatic carbocycles. The number of rotatable bonds is 3. The second-order valence-corrected chi connectivity index (χ2v) is 11.2. The molecule has 2 fully saturated rings. The first-order valence-electron chi connectivity index (χ1n) is 9.63. The molecule has 3 atom stereocenters. The summed E-state index contributed by atoms with van der Waals surface area (Å²) < 4.78 is 54.2. The van der Waals surface area contributed by atoms with Crippen molar-refractivity contribution in [1.82, 2.24) is 5.32 Å². The van der Waals surface area contributed by atoms with Crippen LogP contribution >= 0.6 is 0 Å². The molecule has 1 aliphatic carbocycles. The normalized spacial score (nSPS) is 28.2. The van der Waals surface area contributed by atoms with Gasteiger partial charge in [-0.1, -0.05) is 19.3 Å². The summed E-state index contributed by atoms with van der Waals surface area (Å²) in [6.07, 6.45) is 5.13. The van der Waals surface area contributed by atoms with Crippen LogP contribution in [0.1, 0.15) is 32.1 Å². The van der Waals surface area contributed by atoms with E-state index in [9.17, 15) is 26.4 Å². The number of hydrogen-bond acceptors (Lipinski definition) is 7. The van der Waals surface area contributed by atoms with Crippen molar-refractivity contribution in [2.24, 2.45) is 16.2 Å². The predicted octanol–water partition coefficient (Wildman–Crippen LogP) is 0.835. The van der Waals surface area contributed by atoms with Gasteiger partial charge in [0.05, 0.1) is 11.9 Å². The topological polar surface area (TPSA) is 151 Å². The van der Waals surface area contributed by atoms with Crippen LogP contribution in [0.5, 0.6) is 0 Å². The number of amides is 1. The van der Waals surface area contributed by atoms with E-state index in [-0.39, 0.29) is 39.8 Å². The average molecular weight is 455 g/mol. The van der Waals surface area contributed by atoms with Crippen molar-refractivity contribution < 1.29 is 26.4 Å². The lowest BCUT2D eigenvalue weighted by atomic mass is 9.79. The van der Waals surface area contributed by atoms with Crippen LogP contribution in [0.4, 0.5) is 11.4 Å². The number of carbonyl (C=O) groups excluding carboxylic acids is 2. The highest BCUT2D eigenvalue weighted by Gasteiger charge is 2.47. The molecular weight excluding hydrogens is 432 g/mol. The van der Waals surface area contributed by atoms with Gasteiger partial charge in [0.15, 0.2) is 11.7 Å². The number of carbonyl (C=O) groups is 2. The molecule has 3 N–H and O–H groups in total. The number of amidine groups is 1. The largest absolute Gasteiger partial charge is 0.352 e. The van der Waals surface area contributed by atoms with Crippen LogP contribution in [-0.2, 0) is 29.6 Å². The van der Waals surface area contributed by atoms with Crippen molar-refractivity contribution in [3.05, 3.63) is 18.2 Å². The summed E-state index contributed by atoms with van der Waals surface area (Å²) in [7, 11) is -7.84. The third-order valence-corrected chi connectivity index (χ3v) is 7.51. The molecule has 3 aliphatic rings. The number of sulfonamides is 2. The summed E-state index contributed by atoms with van der Waals surface area (Å²) >= 11 is 0. The highest BCUT2D eigenvalue weighted by atomic mass is 32.2. The smallest absolute Gasteiger partial charge is 0.286 e. The lowest BCUT2D eigenvalue weighted by Gasteiger charge is -2.35. The number of hydrogen-bond donors (Lipinski definition) is 3. The van der Waals surface area contributed by atoms with Gasteiger partial charge < -0.3 is 10.6 Å². The van der Waals surface area contributed by atoms with Gasteiger partial charge in [-0.15, -0.1) is 4.40 Å². The monoisotopic (exact) mass is 454 g/mol. The van der Waals surface area contributed by atoms with Crippen LogP contribution in [0, 0.1) is 11.8 Å². The zero-order valence-electron chi connectivity index (χ0n) is 16.2. The lowest BCUT2D eigenvalue weighted by Crippen LogP contribution is -2.58. The van der Waals surface area contributed by atoms with E-state index < -0.39 is 31.9 Å². The molecular formula is C18H22N4O6S2. The molecule has 12 heteroatoms. The number of nitrogens with zero attached hydrogens (tertiary/aromatic N) is 1. The Hall–Kier alpha value is -2.47. The minimum absolute atomic E-state index is 0.0630. The molecule has 162 valence electrons. The third kappa shape index (κ3) is 3.93. The number of ketones is 1. The van der Waals surface area contributed by atoms with Gasteiger partial charge in [0.1, 0.15) is 10.7 Å². The highest BCUT2D eigenvalue weighted by Crippen LogP contribution is 2.35. The van der Waals surface area contributed by atoms with Crippen molar-refractivity contribution in [3.63, 3.8) is 0 Å². The quantitative estimate of drug-likeness (QED) is 0.572. The van der Waals surface area contributed by atoms with Gasteiger partial charge in [-0.05, 0) is 31.0 Å². The molecule has 2 aliphatic heterocycles. The Bertz CT molecular complexity index is 1160. The van der Waals surface area contributed by atoms with E-state index in [1.807, 2.05) is 0 Å². The Morgan fingerprint density at radius 3 is 2.60 bits per heavy atom. The number of Topliss-reactive ketones (excluding diaryl/α,β-unsaturated/α-hetero) is 1. The molecule has 0 bridgehead atoms. The summed E-state index contributed by atoms with van der Waals surface area (Å²) in [6, 6.07) is 3.68. The molecule has 0 aromatic heterocycles. The molecule has 0 radical (unpaired) electrons. The molecule has 4 rings (SSSR count). The third-order valence-electron chi connectivity index (χ3n) is 5.57. The van der Waals surface area contributed by atoms with Gasteiger partial charge >= 0.3 is 0 Å². The number of piperidine rings is 1. The van der Waals surface area contributed by atoms with Crippen molar-refractivity contribution in [2.75, 3.05) is 16.3 Å². The molecule has 1 amide bonds. The lowest BCUT2D eigenvalue weighted by molar-refractivity contribution is -0.138. The van der Waals surface area contributed by atoms with Crippen molar-refractivity contribution >= 4 is 48.9 Å². The van der Waals surface area contributed by atoms with E-state index >= 15 is 0 Å². The van der Waals surface area contributed by atoms with E-state index in [2.05, 4.69) is 19.8 Å². The highest BCUT2D eigenvalue weighted by molar-refractivity contribution is 7.92. The second kappa shape index (κ2) is 7.34. The molecule has 1 aromatic rings. The zero-order chi connectivity index (χ0) is 21.7. The second-order valence-electron chi connectivity index (χ2n) is 7.86. The molecule has 1 saturated carbocycles. The zero-order valence-corrected chi connectivity index (χ0v) is 17.8. The van der Waals surface area contributed by atoms with Gasteiger partial charge in [-0.2, -0.15) is 8.42 Å². The number of fused-ring (bicyclic) bond motifs is 2. The van der Waals surface area contributed by atoms with E-state index in [1.165, 1.54) is 12.1 Å². The summed E-state index contributed by atoms with van der Waals surface area (Å²) in [4.78, 5) is 25.5. The van der Waals surface area contributed by atoms with Crippen LogP contribution in [0.15, 0.2) is 27.5 Å². The van der Waals surface area contributed by atoms with Crippen LogP contribution in [0.3, 0.4) is 0 Å². The Labute approximate surface area is 174 Å². The molecule has 30 heavy (non-hydrogen) atoms. The number of benzene rings is 1. The first-order chi connectivity index (χ1) is 14.0. The maximum atomic E-state index is 13.1. The number of anilines is 2. The molecule has 0 spiro atoms. The molecule has 10 nitrogen and oxygen atoms in total. The molecule has 1 saturated heterocycles. The summed E-state index contributed by atoms with van der Waals surface area (Å²) in [5.74, 6) is -2.77. The summed E-state index contributed by atoms with van der Waals surface area (Å²) in [5.41, 5.74) is 0.190. The Balaban J connectivity index is 1.67. The standard InChI is InChI=1S/C18H22N4O6S2/c1-29(25,26)21-10-7-8-13-14(9-10)30(27,28)22-17(19-13)15-16(23)11-5-3-2-4-6-12(11)20-18(15)24/h7-9,11-12,15,21H,2-6H2,1H3,(H,19,22)(H,20,24). The first kappa shape index (κ1) is 20.8. The fourth-order valence-corrected chi connectivity index (χ4v) is 6.01. The van der Waals surface area contributed by atoms with Crippen LogP contribution in [0.2, 0.25) is 0 Å². The maximum Gasteiger partial charge on any atom is 0.286 e. The summed E-state index contributed by atoms with van der Waals surface area (Å²) in [6.45, 7) is 0. The van der Waals surface area contributed by atoms with E-state index in [0.717, 1.165) is 38.0 Å². The SMILES string of the molecule is CS(=O)(=O)Nc1ccc2c(c1)S(=O)(=O)N=C(C1C(=O)NC3CCCCCC3C1=O)N2. The van der Waals surface area contributed by atoms with Crippen molar-refractivity contribution in [2.45, 2.75) is 43.0 Å². The van der Waals surface area contributed by atoms with Crippen molar-refractivity contribution in [1.29, 1.82) is 0 Å². The van der Waals surface area contributed by atoms with Gasteiger partial charge in [-0.3, -0.25) is 14.3 Å². The Morgan fingerprint density at radius 1 is 1.13 bits per heavy atom. The van der Waals surface area contributed by atoms with E-state index in [0.29, 0.717) is 6.42 Å². The predicted molar refractivity (Wildman–Crippen MR) is 110 cm³/mol. The Morgan fingerprint density at radius 2 is 1.87 bits per heavy atom. The van der Waals surface area contributed by atoms with Crippen LogP contribution in [-0.4, -0.2) is 46.7 Å². The Kier molecular flexibility index (Phi) is 5.09. The minimum atomic E-state index is -4.24. The maximum absolute atomic E-state index is 13.1. The minimum Gasteiger partial charge on any atom is -0.352 e. The van der Waals surface area contributed by atoms with Crippen LogP contribution < -0.4 is 15.4 Å². The molecule has 2 heterocycles. The fraction of sp³-hybridized carbons (Fsp3) is 0.500. The molecule has 3 unspecified atom stereocenters.